The van der Waals surface area contributed by atoms with Crippen molar-refractivity contribution in [1.29, 1.82) is 0 Å². The largest absolute Gasteiger partial charge is 0.263 e. The maximum absolute atomic E-state index is 12.3. The number of halogens is 2. The van der Waals surface area contributed by atoms with Gasteiger partial charge in [-0.05, 0) is 18.6 Å². The lowest BCUT2D eigenvalue weighted by molar-refractivity contribution is 0.151. The lowest BCUT2D eigenvalue weighted by Gasteiger charge is -2.07. The quantitative estimate of drug-likeness (QED) is 0.623. The van der Waals surface area contributed by atoms with Crippen LogP contribution in [0.2, 0.25) is 0 Å². The maximum Gasteiger partial charge on any atom is 0.263 e. The molecule has 1 unspecified atom stereocenters. The highest BCUT2D eigenvalue weighted by atomic mass is 19.3. The molecule has 69 valence electrons. The highest BCUT2D eigenvalue weighted by molar-refractivity contribution is 5.30. The van der Waals surface area contributed by atoms with Crippen molar-refractivity contribution in [2.24, 2.45) is 0 Å². The molecule has 1 rings (SSSR count). The van der Waals surface area contributed by atoms with Gasteiger partial charge in [0.2, 0.25) is 0 Å². The fourth-order valence-electron chi connectivity index (χ4n) is 1.06. The van der Waals surface area contributed by atoms with Crippen LogP contribution in [0.3, 0.4) is 0 Å². The molecular formula is C11H11F2. The number of rotatable bonds is 3. The Morgan fingerprint density at radius 1 is 1.23 bits per heavy atom. The molecule has 1 atom stereocenters. The van der Waals surface area contributed by atoms with E-state index in [1.54, 1.807) is 18.2 Å². The van der Waals surface area contributed by atoms with Gasteiger partial charge < -0.3 is 0 Å². The van der Waals surface area contributed by atoms with Crippen LogP contribution in [0.4, 0.5) is 8.78 Å². The summed E-state index contributed by atoms with van der Waals surface area (Å²) in [7, 11) is 0. The number of hydrogen-bond donors (Lipinski definition) is 0. The average Bonchev–Trinajstić information content (AvgIpc) is 2.17. The third-order valence-corrected chi connectivity index (χ3v) is 1.88. The molecule has 13 heavy (non-hydrogen) atoms. The molecule has 0 aliphatic heterocycles. The van der Waals surface area contributed by atoms with Gasteiger partial charge in [0.1, 0.15) is 0 Å². The molecule has 0 spiro atoms. The second kappa shape index (κ2) is 4.17. The molecule has 1 aromatic rings. The summed E-state index contributed by atoms with van der Waals surface area (Å²) in [6.45, 7) is 7.33. The summed E-state index contributed by atoms with van der Waals surface area (Å²) in [5.74, 6) is -0.126. The Labute approximate surface area is 76.9 Å². The number of hydrogen-bond acceptors (Lipinski definition) is 0. The molecule has 0 N–H and O–H groups in total. The van der Waals surface area contributed by atoms with Crippen LogP contribution in [0.15, 0.2) is 36.9 Å². The fourth-order valence-corrected chi connectivity index (χ4v) is 1.06. The smallest absolute Gasteiger partial charge is 0.205 e. The molecule has 0 aliphatic carbocycles. The zero-order valence-electron chi connectivity index (χ0n) is 7.21. The van der Waals surface area contributed by atoms with E-state index in [0.29, 0.717) is 0 Å². The van der Waals surface area contributed by atoms with Crippen LogP contribution in [0.1, 0.15) is 23.5 Å². The average molecular weight is 181 g/mol. The minimum Gasteiger partial charge on any atom is -0.205 e. The summed E-state index contributed by atoms with van der Waals surface area (Å²) in [6, 6.07) is 6.25. The molecule has 0 aromatic heterocycles. The number of alkyl halides is 2. The minimum atomic E-state index is -2.42. The molecule has 0 bridgehead atoms. The highest BCUT2D eigenvalue weighted by Crippen LogP contribution is 2.23. The molecule has 0 saturated carbocycles. The van der Waals surface area contributed by atoms with Gasteiger partial charge in [-0.25, -0.2) is 8.78 Å². The van der Waals surface area contributed by atoms with Crippen molar-refractivity contribution in [3.05, 3.63) is 55.0 Å². The van der Waals surface area contributed by atoms with Crippen LogP contribution in [-0.2, 0) is 0 Å². The molecule has 0 fully saturated rings. The van der Waals surface area contributed by atoms with E-state index in [4.69, 9.17) is 0 Å². The Morgan fingerprint density at radius 2 is 1.85 bits per heavy atom. The van der Waals surface area contributed by atoms with E-state index in [2.05, 4.69) is 13.5 Å². The van der Waals surface area contributed by atoms with E-state index < -0.39 is 6.43 Å². The van der Waals surface area contributed by atoms with Crippen molar-refractivity contribution in [2.75, 3.05) is 0 Å². The van der Waals surface area contributed by atoms with Gasteiger partial charge in [0.15, 0.2) is 0 Å². The second-order valence-corrected chi connectivity index (χ2v) is 2.81. The Hall–Kier alpha value is -1.18. The van der Waals surface area contributed by atoms with Gasteiger partial charge in [0, 0.05) is 11.5 Å². The van der Waals surface area contributed by atoms with Gasteiger partial charge in [0.25, 0.3) is 6.43 Å². The van der Waals surface area contributed by atoms with Crippen molar-refractivity contribution in [2.45, 2.75) is 12.3 Å². The first kappa shape index (κ1) is 9.90. The lowest BCUT2D eigenvalue weighted by atomic mass is 9.99. The first-order valence-electron chi connectivity index (χ1n) is 3.98. The van der Waals surface area contributed by atoms with Crippen LogP contribution >= 0.6 is 0 Å². The predicted molar refractivity (Wildman–Crippen MR) is 49.7 cm³/mol. The van der Waals surface area contributed by atoms with Crippen LogP contribution < -0.4 is 0 Å². The standard InChI is InChI=1S/C11H11F2/c1-3-8(2)9-5-4-6-10(7-9)11(12)13/h3-8,11H,1-2H2. The maximum atomic E-state index is 12.3. The van der Waals surface area contributed by atoms with E-state index in [0.717, 1.165) is 5.56 Å². The summed E-state index contributed by atoms with van der Waals surface area (Å²) < 4.78 is 24.5. The third-order valence-electron chi connectivity index (χ3n) is 1.88. The van der Waals surface area contributed by atoms with E-state index in [-0.39, 0.29) is 11.5 Å². The van der Waals surface area contributed by atoms with Crippen molar-refractivity contribution in [1.82, 2.24) is 0 Å². The normalized spacial score (nSPS) is 12.9. The minimum absolute atomic E-state index is 0.0352. The van der Waals surface area contributed by atoms with Gasteiger partial charge in [-0.3, -0.25) is 0 Å². The molecule has 0 heterocycles. The highest BCUT2D eigenvalue weighted by Gasteiger charge is 2.08. The summed E-state index contributed by atoms with van der Waals surface area (Å²) >= 11 is 0. The van der Waals surface area contributed by atoms with Gasteiger partial charge >= 0.3 is 0 Å². The summed E-state index contributed by atoms with van der Waals surface area (Å²) in [5, 5.41) is 0. The monoisotopic (exact) mass is 181 g/mol. The molecule has 0 saturated heterocycles. The second-order valence-electron chi connectivity index (χ2n) is 2.81. The predicted octanol–water partition coefficient (Wildman–Crippen LogP) is 3.73. The zero-order valence-corrected chi connectivity index (χ0v) is 7.21. The Balaban J connectivity index is 2.97. The SMILES string of the molecule is [CH2]C(C=C)c1cccc(C(F)F)c1. The molecule has 0 aliphatic rings. The van der Waals surface area contributed by atoms with Crippen LogP contribution in [-0.4, -0.2) is 0 Å². The number of allylic oxidation sites excluding steroid dienone is 1. The summed E-state index contributed by atoms with van der Waals surface area (Å²) in [5.41, 5.74) is 0.806. The first-order valence-corrected chi connectivity index (χ1v) is 3.98. The van der Waals surface area contributed by atoms with E-state index in [9.17, 15) is 8.78 Å². The van der Waals surface area contributed by atoms with Crippen molar-refractivity contribution >= 4 is 0 Å². The molecule has 0 nitrogen and oxygen atoms in total. The molecule has 0 amide bonds. The van der Waals surface area contributed by atoms with Crippen molar-refractivity contribution < 1.29 is 8.78 Å². The summed E-state index contributed by atoms with van der Waals surface area (Å²) in [6.07, 6.45) is -0.790. The van der Waals surface area contributed by atoms with Crippen molar-refractivity contribution in [3.63, 3.8) is 0 Å². The van der Waals surface area contributed by atoms with E-state index >= 15 is 0 Å². The lowest BCUT2D eigenvalue weighted by Crippen LogP contribution is -1.91. The number of benzene rings is 1. The molecule has 2 heteroatoms. The Kier molecular flexibility index (Phi) is 3.18. The van der Waals surface area contributed by atoms with Gasteiger partial charge in [-0.1, -0.05) is 24.3 Å². The molecule has 1 radical (unpaired) electrons. The first-order chi connectivity index (χ1) is 6.15. The topological polar surface area (TPSA) is 0 Å². The van der Waals surface area contributed by atoms with Gasteiger partial charge in [-0.15, -0.1) is 6.58 Å². The zero-order chi connectivity index (χ0) is 9.84. The Morgan fingerprint density at radius 3 is 2.38 bits per heavy atom. The van der Waals surface area contributed by atoms with Crippen LogP contribution in [0.5, 0.6) is 0 Å². The van der Waals surface area contributed by atoms with E-state index in [1.807, 2.05) is 0 Å². The van der Waals surface area contributed by atoms with Gasteiger partial charge in [-0.2, -0.15) is 0 Å². The van der Waals surface area contributed by atoms with E-state index in [1.165, 1.54) is 12.1 Å². The molecular weight excluding hydrogens is 170 g/mol. The van der Waals surface area contributed by atoms with Crippen molar-refractivity contribution in [3.8, 4) is 0 Å². The summed E-state index contributed by atoms with van der Waals surface area (Å²) in [4.78, 5) is 0. The van der Waals surface area contributed by atoms with Gasteiger partial charge in [0.05, 0.1) is 0 Å². The van der Waals surface area contributed by atoms with Crippen LogP contribution in [0.25, 0.3) is 0 Å². The third kappa shape index (κ3) is 2.38. The fraction of sp³-hybridized carbons (Fsp3) is 0.182. The Bertz CT molecular complexity index is 292. The van der Waals surface area contributed by atoms with Crippen LogP contribution in [0, 0.1) is 6.92 Å². The molecule has 1 aromatic carbocycles.